The summed E-state index contributed by atoms with van der Waals surface area (Å²) >= 11 is 0. The second kappa shape index (κ2) is 5.32. The standard InChI is InChI=1S/C16H22N2O/c1-11(10-12-6-4-5-9-17-12)18-16(19)15-13-7-2-3-8-14(13)15/h4-6,9,11,13-15H,2-3,7-8,10H2,1H3,(H,18,19)/t11-,13+,14+/m1/s1. The highest BCUT2D eigenvalue weighted by atomic mass is 16.2. The fourth-order valence-corrected chi connectivity index (χ4v) is 3.60. The van der Waals surface area contributed by atoms with Gasteiger partial charge in [0, 0.05) is 30.3 Å². The van der Waals surface area contributed by atoms with Crippen LogP contribution in [0.5, 0.6) is 0 Å². The first kappa shape index (κ1) is 12.6. The van der Waals surface area contributed by atoms with Crippen molar-refractivity contribution < 1.29 is 4.79 Å². The summed E-state index contributed by atoms with van der Waals surface area (Å²) in [5, 5.41) is 3.17. The zero-order valence-electron chi connectivity index (χ0n) is 11.5. The van der Waals surface area contributed by atoms with E-state index in [-0.39, 0.29) is 11.9 Å². The molecule has 0 saturated heterocycles. The van der Waals surface area contributed by atoms with Crippen LogP contribution in [0.25, 0.3) is 0 Å². The molecule has 19 heavy (non-hydrogen) atoms. The lowest BCUT2D eigenvalue weighted by Crippen LogP contribution is -2.36. The van der Waals surface area contributed by atoms with Gasteiger partial charge in [-0.2, -0.15) is 0 Å². The van der Waals surface area contributed by atoms with Gasteiger partial charge < -0.3 is 5.32 Å². The zero-order chi connectivity index (χ0) is 13.2. The molecule has 3 atom stereocenters. The summed E-state index contributed by atoms with van der Waals surface area (Å²) in [4.78, 5) is 16.5. The Balaban J connectivity index is 1.50. The predicted octanol–water partition coefficient (Wildman–Crippen LogP) is 2.57. The minimum absolute atomic E-state index is 0.171. The Morgan fingerprint density at radius 1 is 1.37 bits per heavy atom. The summed E-state index contributed by atoms with van der Waals surface area (Å²) in [5.41, 5.74) is 1.04. The van der Waals surface area contributed by atoms with Gasteiger partial charge in [-0.15, -0.1) is 0 Å². The fourth-order valence-electron chi connectivity index (χ4n) is 3.60. The van der Waals surface area contributed by atoms with E-state index in [1.807, 2.05) is 18.2 Å². The number of nitrogens with one attached hydrogen (secondary N) is 1. The number of aromatic nitrogens is 1. The third-order valence-electron chi connectivity index (χ3n) is 4.59. The first-order valence-electron chi connectivity index (χ1n) is 7.46. The number of amides is 1. The van der Waals surface area contributed by atoms with Crippen molar-refractivity contribution in [3.63, 3.8) is 0 Å². The largest absolute Gasteiger partial charge is 0.353 e. The summed E-state index contributed by atoms with van der Waals surface area (Å²) in [6, 6.07) is 6.10. The topological polar surface area (TPSA) is 42.0 Å². The molecule has 2 aliphatic carbocycles. The molecule has 1 aromatic rings. The van der Waals surface area contributed by atoms with Gasteiger partial charge in [-0.3, -0.25) is 9.78 Å². The molecule has 3 rings (SSSR count). The van der Waals surface area contributed by atoms with Gasteiger partial charge in [-0.05, 0) is 43.7 Å². The summed E-state index contributed by atoms with van der Waals surface area (Å²) < 4.78 is 0. The van der Waals surface area contributed by atoms with Crippen LogP contribution in [-0.2, 0) is 11.2 Å². The quantitative estimate of drug-likeness (QED) is 0.902. The molecule has 3 nitrogen and oxygen atoms in total. The Morgan fingerprint density at radius 2 is 2.11 bits per heavy atom. The maximum absolute atomic E-state index is 12.2. The molecular weight excluding hydrogens is 236 g/mol. The van der Waals surface area contributed by atoms with E-state index in [4.69, 9.17) is 0 Å². The first-order valence-corrected chi connectivity index (χ1v) is 7.46. The summed E-state index contributed by atoms with van der Waals surface area (Å²) in [6.45, 7) is 2.07. The zero-order valence-corrected chi connectivity index (χ0v) is 11.5. The number of hydrogen-bond donors (Lipinski definition) is 1. The predicted molar refractivity (Wildman–Crippen MR) is 74.5 cm³/mol. The summed E-state index contributed by atoms with van der Waals surface area (Å²) in [5.74, 6) is 1.97. The molecule has 2 saturated carbocycles. The molecule has 1 heterocycles. The Kier molecular flexibility index (Phi) is 3.54. The number of nitrogens with zero attached hydrogens (tertiary/aromatic N) is 1. The molecule has 2 aliphatic rings. The van der Waals surface area contributed by atoms with Crippen LogP contribution in [0.2, 0.25) is 0 Å². The maximum atomic E-state index is 12.2. The average molecular weight is 258 g/mol. The van der Waals surface area contributed by atoms with Gasteiger partial charge in [0.1, 0.15) is 0 Å². The van der Waals surface area contributed by atoms with Gasteiger partial charge in [-0.25, -0.2) is 0 Å². The summed E-state index contributed by atoms with van der Waals surface area (Å²) in [7, 11) is 0. The van der Waals surface area contributed by atoms with Crippen molar-refractivity contribution in [3.05, 3.63) is 30.1 Å². The van der Waals surface area contributed by atoms with Gasteiger partial charge in [0.05, 0.1) is 0 Å². The number of carbonyl (C=O) groups excluding carboxylic acids is 1. The molecule has 0 spiro atoms. The SMILES string of the molecule is C[C@H](Cc1ccccn1)NC(=O)C1[C@H]2CCCC[C@H]12. The molecule has 0 unspecified atom stereocenters. The normalized spacial score (nSPS) is 30.3. The van der Waals surface area contributed by atoms with Crippen LogP contribution < -0.4 is 5.32 Å². The van der Waals surface area contributed by atoms with Gasteiger partial charge in [-0.1, -0.05) is 18.9 Å². The number of hydrogen-bond acceptors (Lipinski definition) is 2. The van der Waals surface area contributed by atoms with Crippen LogP contribution in [0.1, 0.15) is 38.3 Å². The third kappa shape index (κ3) is 2.80. The molecule has 0 aliphatic heterocycles. The van der Waals surface area contributed by atoms with Crippen molar-refractivity contribution in [2.24, 2.45) is 17.8 Å². The minimum Gasteiger partial charge on any atom is -0.353 e. The van der Waals surface area contributed by atoms with E-state index >= 15 is 0 Å². The van der Waals surface area contributed by atoms with Crippen LogP contribution in [0.4, 0.5) is 0 Å². The highest BCUT2D eigenvalue weighted by Crippen LogP contribution is 2.55. The lowest BCUT2D eigenvalue weighted by atomic mass is 10.0. The molecule has 1 aromatic heterocycles. The first-order chi connectivity index (χ1) is 9.25. The molecule has 3 heteroatoms. The van der Waals surface area contributed by atoms with Crippen molar-refractivity contribution >= 4 is 5.91 Å². The second-order valence-electron chi connectivity index (χ2n) is 6.07. The lowest BCUT2D eigenvalue weighted by molar-refractivity contribution is -0.123. The van der Waals surface area contributed by atoms with E-state index in [0.29, 0.717) is 17.8 Å². The van der Waals surface area contributed by atoms with E-state index in [9.17, 15) is 4.79 Å². The van der Waals surface area contributed by atoms with Crippen molar-refractivity contribution in [1.29, 1.82) is 0 Å². The molecule has 1 N–H and O–H groups in total. The van der Waals surface area contributed by atoms with Crippen molar-refractivity contribution in [2.45, 2.75) is 45.1 Å². The smallest absolute Gasteiger partial charge is 0.223 e. The number of pyridine rings is 1. The van der Waals surface area contributed by atoms with Crippen molar-refractivity contribution in [2.75, 3.05) is 0 Å². The van der Waals surface area contributed by atoms with Crippen molar-refractivity contribution in [1.82, 2.24) is 10.3 Å². The minimum atomic E-state index is 0.171. The van der Waals surface area contributed by atoms with E-state index in [1.54, 1.807) is 6.20 Å². The van der Waals surface area contributed by atoms with Crippen LogP contribution in [0.15, 0.2) is 24.4 Å². The third-order valence-corrected chi connectivity index (χ3v) is 4.59. The van der Waals surface area contributed by atoms with Gasteiger partial charge >= 0.3 is 0 Å². The number of fused-ring (bicyclic) bond motifs is 1. The van der Waals surface area contributed by atoms with E-state index in [1.165, 1.54) is 25.7 Å². The maximum Gasteiger partial charge on any atom is 0.223 e. The Bertz CT molecular complexity index is 433. The molecule has 1 amide bonds. The van der Waals surface area contributed by atoms with Gasteiger partial charge in [0.25, 0.3) is 0 Å². The monoisotopic (exact) mass is 258 g/mol. The van der Waals surface area contributed by atoms with Gasteiger partial charge in [0.15, 0.2) is 0 Å². The fraction of sp³-hybridized carbons (Fsp3) is 0.625. The van der Waals surface area contributed by atoms with Crippen LogP contribution in [0.3, 0.4) is 0 Å². The summed E-state index contributed by atoms with van der Waals surface area (Å²) in [6.07, 6.45) is 7.77. The Hall–Kier alpha value is -1.38. The number of carbonyl (C=O) groups is 1. The Morgan fingerprint density at radius 3 is 2.74 bits per heavy atom. The van der Waals surface area contributed by atoms with Gasteiger partial charge in [0.2, 0.25) is 5.91 Å². The van der Waals surface area contributed by atoms with E-state index < -0.39 is 0 Å². The van der Waals surface area contributed by atoms with Crippen molar-refractivity contribution in [3.8, 4) is 0 Å². The van der Waals surface area contributed by atoms with Crippen LogP contribution in [0, 0.1) is 17.8 Å². The lowest BCUT2D eigenvalue weighted by Gasteiger charge is -2.13. The van der Waals surface area contributed by atoms with Crippen LogP contribution in [-0.4, -0.2) is 16.9 Å². The second-order valence-corrected chi connectivity index (χ2v) is 6.07. The highest BCUT2D eigenvalue weighted by Gasteiger charge is 2.54. The van der Waals surface area contributed by atoms with Crippen LogP contribution >= 0.6 is 0 Å². The molecule has 2 fully saturated rings. The highest BCUT2D eigenvalue weighted by molar-refractivity contribution is 5.82. The van der Waals surface area contributed by atoms with E-state index in [0.717, 1.165) is 12.1 Å². The molecule has 0 aromatic carbocycles. The molecule has 0 bridgehead atoms. The Labute approximate surface area is 114 Å². The molecule has 0 radical (unpaired) electrons. The molecular formula is C16H22N2O. The number of rotatable bonds is 4. The molecule has 102 valence electrons. The average Bonchev–Trinajstić information content (AvgIpc) is 3.14. The van der Waals surface area contributed by atoms with E-state index in [2.05, 4.69) is 17.2 Å².